The van der Waals surface area contributed by atoms with E-state index in [1.807, 2.05) is 6.92 Å². The third kappa shape index (κ3) is 4.99. The molecule has 2 rings (SSSR count). The fraction of sp³-hybridized carbons (Fsp3) is 0.533. The summed E-state index contributed by atoms with van der Waals surface area (Å²) in [5.74, 6) is -0.0464. The van der Waals surface area contributed by atoms with Crippen molar-refractivity contribution < 1.29 is 17.9 Å². The lowest BCUT2D eigenvalue weighted by Crippen LogP contribution is -2.26. The van der Waals surface area contributed by atoms with Crippen molar-refractivity contribution in [1.82, 2.24) is 0 Å². The van der Waals surface area contributed by atoms with Gasteiger partial charge >= 0.3 is 0 Å². The van der Waals surface area contributed by atoms with Gasteiger partial charge < -0.3 is 10.1 Å². The van der Waals surface area contributed by atoms with Gasteiger partial charge in [0.15, 0.2) is 0 Å². The monoisotopic (exact) mass is 326 g/mol. The normalized spacial score (nSPS) is 18.1. The summed E-state index contributed by atoms with van der Waals surface area (Å²) in [4.78, 5) is 11.9. The van der Waals surface area contributed by atoms with Crippen LogP contribution in [0.1, 0.15) is 32.6 Å². The standard InChI is InChI=1S/C15H22N2O4S/c1-2-3-11-22(19,20)17-13-8-6-12(7-9-13)16-15(18)14-5-4-10-21-14/h6-9,14,17H,2-5,10-11H2,1H3,(H,16,18). The summed E-state index contributed by atoms with van der Waals surface area (Å²) in [5, 5.41) is 2.77. The van der Waals surface area contributed by atoms with Gasteiger partial charge in [-0.3, -0.25) is 9.52 Å². The van der Waals surface area contributed by atoms with E-state index in [4.69, 9.17) is 4.74 Å². The summed E-state index contributed by atoms with van der Waals surface area (Å²) in [5.41, 5.74) is 1.11. The second kappa shape index (κ2) is 7.60. The van der Waals surface area contributed by atoms with Crippen LogP contribution in [0, 0.1) is 0 Å². The molecule has 0 aliphatic carbocycles. The maximum absolute atomic E-state index is 11.9. The van der Waals surface area contributed by atoms with Crippen LogP contribution in [-0.4, -0.2) is 32.8 Å². The van der Waals surface area contributed by atoms with Crippen LogP contribution in [0.2, 0.25) is 0 Å². The van der Waals surface area contributed by atoms with E-state index in [-0.39, 0.29) is 17.8 Å². The first-order chi connectivity index (χ1) is 10.5. The highest BCUT2D eigenvalue weighted by Crippen LogP contribution is 2.18. The van der Waals surface area contributed by atoms with Crippen LogP contribution in [0.5, 0.6) is 0 Å². The van der Waals surface area contributed by atoms with E-state index in [0.29, 0.717) is 24.4 Å². The van der Waals surface area contributed by atoms with Crippen molar-refractivity contribution in [3.8, 4) is 0 Å². The van der Waals surface area contributed by atoms with Gasteiger partial charge in [0, 0.05) is 18.0 Å². The van der Waals surface area contributed by atoms with Gasteiger partial charge in [-0.25, -0.2) is 8.42 Å². The predicted molar refractivity (Wildman–Crippen MR) is 86.4 cm³/mol. The number of carbonyl (C=O) groups is 1. The molecule has 1 heterocycles. The molecule has 0 saturated carbocycles. The van der Waals surface area contributed by atoms with E-state index in [0.717, 1.165) is 19.3 Å². The zero-order valence-corrected chi connectivity index (χ0v) is 13.5. The lowest BCUT2D eigenvalue weighted by Gasteiger charge is -2.11. The van der Waals surface area contributed by atoms with Gasteiger partial charge in [-0.2, -0.15) is 0 Å². The minimum atomic E-state index is -3.30. The maximum atomic E-state index is 11.9. The largest absolute Gasteiger partial charge is 0.368 e. The molecule has 0 aromatic heterocycles. The summed E-state index contributed by atoms with van der Waals surface area (Å²) in [6, 6.07) is 6.61. The molecule has 1 fully saturated rings. The van der Waals surface area contributed by atoms with Crippen molar-refractivity contribution >= 4 is 27.3 Å². The molecule has 1 aliphatic heterocycles. The second-order valence-electron chi connectivity index (χ2n) is 5.34. The van der Waals surface area contributed by atoms with Crippen LogP contribution < -0.4 is 10.0 Å². The molecule has 1 aromatic rings. The van der Waals surface area contributed by atoms with E-state index in [1.54, 1.807) is 24.3 Å². The van der Waals surface area contributed by atoms with Crippen LogP contribution >= 0.6 is 0 Å². The zero-order chi connectivity index (χ0) is 16.0. The number of anilines is 2. The number of benzene rings is 1. The number of nitrogens with one attached hydrogen (secondary N) is 2. The van der Waals surface area contributed by atoms with Gasteiger partial charge in [-0.1, -0.05) is 13.3 Å². The average Bonchev–Trinajstić information content (AvgIpc) is 3.01. The van der Waals surface area contributed by atoms with E-state index in [1.165, 1.54) is 0 Å². The molecular formula is C15H22N2O4S. The van der Waals surface area contributed by atoms with Crippen LogP contribution in [0.3, 0.4) is 0 Å². The summed E-state index contributed by atoms with van der Waals surface area (Å²) in [6.07, 6.45) is 2.71. The van der Waals surface area contributed by atoms with Crippen LogP contribution in [-0.2, 0) is 19.6 Å². The SMILES string of the molecule is CCCCS(=O)(=O)Nc1ccc(NC(=O)C2CCCO2)cc1. The molecule has 0 spiro atoms. The topological polar surface area (TPSA) is 84.5 Å². The third-order valence-corrected chi connectivity index (χ3v) is 4.79. The first-order valence-electron chi connectivity index (χ1n) is 7.53. The van der Waals surface area contributed by atoms with Crippen molar-refractivity contribution in [3.05, 3.63) is 24.3 Å². The molecule has 1 saturated heterocycles. The number of unbranched alkanes of at least 4 members (excludes halogenated alkanes) is 1. The highest BCUT2D eigenvalue weighted by Gasteiger charge is 2.23. The highest BCUT2D eigenvalue weighted by atomic mass is 32.2. The number of hydrogen-bond acceptors (Lipinski definition) is 4. The summed E-state index contributed by atoms with van der Waals surface area (Å²) in [6.45, 7) is 2.57. The second-order valence-corrected chi connectivity index (χ2v) is 7.18. The van der Waals surface area contributed by atoms with Gasteiger partial charge in [0.2, 0.25) is 10.0 Å². The molecule has 1 amide bonds. The number of carbonyl (C=O) groups excluding carboxylic acids is 1. The minimum absolute atomic E-state index is 0.112. The van der Waals surface area contributed by atoms with E-state index in [9.17, 15) is 13.2 Å². The van der Waals surface area contributed by atoms with Gasteiger partial charge in [0.05, 0.1) is 5.75 Å². The number of hydrogen-bond donors (Lipinski definition) is 2. The number of rotatable bonds is 7. The zero-order valence-electron chi connectivity index (χ0n) is 12.7. The first kappa shape index (κ1) is 16.8. The van der Waals surface area contributed by atoms with Crippen molar-refractivity contribution in [2.45, 2.75) is 38.7 Å². The Bertz CT molecular complexity index is 592. The van der Waals surface area contributed by atoms with E-state index in [2.05, 4.69) is 10.0 Å². The molecule has 1 aromatic carbocycles. The van der Waals surface area contributed by atoms with E-state index < -0.39 is 10.0 Å². The summed E-state index contributed by atoms with van der Waals surface area (Å²) in [7, 11) is -3.30. The van der Waals surface area contributed by atoms with Crippen molar-refractivity contribution in [3.63, 3.8) is 0 Å². The Kier molecular flexibility index (Phi) is 5.79. The maximum Gasteiger partial charge on any atom is 0.253 e. The summed E-state index contributed by atoms with van der Waals surface area (Å²) >= 11 is 0. The Hall–Kier alpha value is -1.60. The van der Waals surface area contributed by atoms with Gasteiger partial charge in [0.25, 0.3) is 5.91 Å². The Morgan fingerprint density at radius 3 is 2.55 bits per heavy atom. The fourth-order valence-electron chi connectivity index (χ4n) is 2.19. The van der Waals surface area contributed by atoms with Crippen molar-refractivity contribution in [1.29, 1.82) is 0 Å². The van der Waals surface area contributed by atoms with Crippen LogP contribution in [0.15, 0.2) is 24.3 Å². The molecule has 0 radical (unpaired) electrons. The molecule has 22 heavy (non-hydrogen) atoms. The van der Waals surface area contributed by atoms with Gasteiger partial charge in [-0.05, 0) is 43.5 Å². The first-order valence-corrected chi connectivity index (χ1v) is 9.18. The molecule has 2 N–H and O–H groups in total. The van der Waals surface area contributed by atoms with Crippen molar-refractivity contribution in [2.75, 3.05) is 22.4 Å². The van der Waals surface area contributed by atoms with Crippen LogP contribution in [0.4, 0.5) is 11.4 Å². The lowest BCUT2D eigenvalue weighted by molar-refractivity contribution is -0.124. The quantitative estimate of drug-likeness (QED) is 0.805. The molecule has 1 aliphatic rings. The smallest absolute Gasteiger partial charge is 0.253 e. The van der Waals surface area contributed by atoms with Gasteiger partial charge in [0.1, 0.15) is 6.10 Å². The Morgan fingerprint density at radius 2 is 1.95 bits per heavy atom. The lowest BCUT2D eigenvalue weighted by atomic mass is 10.2. The van der Waals surface area contributed by atoms with Gasteiger partial charge in [-0.15, -0.1) is 0 Å². The fourth-order valence-corrected chi connectivity index (χ4v) is 3.46. The number of sulfonamides is 1. The Morgan fingerprint density at radius 1 is 1.27 bits per heavy atom. The average molecular weight is 326 g/mol. The molecule has 0 bridgehead atoms. The predicted octanol–water partition coefficient (Wildman–Crippen LogP) is 2.35. The van der Waals surface area contributed by atoms with E-state index >= 15 is 0 Å². The van der Waals surface area contributed by atoms with Crippen LogP contribution in [0.25, 0.3) is 0 Å². The molecule has 1 atom stereocenters. The molecule has 122 valence electrons. The number of ether oxygens (including phenoxy) is 1. The highest BCUT2D eigenvalue weighted by molar-refractivity contribution is 7.92. The molecular weight excluding hydrogens is 304 g/mol. The summed E-state index contributed by atoms with van der Waals surface area (Å²) < 4.78 is 31.4. The Balaban J connectivity index is 1.91. The Labute approximate surface area is 131 Å². The molecule has 7 heteroatoms. The molecule has 6 nitrogen and oxygen atoms in total. The third-order valence-electron chi connectivity index (χ3n) is 3.41. The van der Waals surface area contributed by atoms with Crippen molar-refractivity contribution in [2.24, 2.45) is 0 Å². The number of amides is 1. The minimum Gasteiger partial charge on any atom is -0.368 e. The molecule has 1 unspecified atom stereocenters.